The molecule has 3 aliphatic heterocycles. The zero-order valence-corrected chi connectivity index (χ0v) is 17.5. The number of Topliss-reactive ketones (excluding diaryl/α,β-unsaturated/α-hetero) is 1. The summed E-state index contributed by atoms with van der Waals surface area (Å²) in [4.78, 5) is 13.5. The molecule has 4 aliphatic rings. The molecule has 0 saturated carbocycles. The van der Waals surface area contributed by atoms with Crippen molar-refractivity contribution in [3.63, 3.8) is 0 Å². The van der Waals surface area contributed by atoms with Crippen molar-refractivity contribution in [1.29, 1.82) is 0 Å². The van der Waals surface area contributed by atoms with Crippen LogP contribution in [0.25, 0.3) is 0 Å². The molecule has 0 amide bonds. The second-order valence-electron chi connectivity index (χ2n) is 9.60. The van der Waals surface area contributed by atoms with Gasteiger partial charge in [-0.05, 0) is 35.8 Å². The molecule has 29 heavy (non-hydrogen) atoms. The van der Waals surface area contributed by atoms with Gasteiger partial charge in [0.1, 0.15) is 0 Å². The number of hydrogen-bond donors (Lipinski definition) is 1. The number of allylic oxidation sites excluding steroid dienone is 2. The van der Waals surface area contributed by atoms with Gasteiger partial charge in [0.25, 0.3) is 0 Å². The standard InChI is InChI=1S/C24H29N3O2/c1-4-24(17-7-5-6-15(10-17)16-8-9-29-14-16)18-13-25-27-22(18)26-19-11-23(2,3)12-20(28)21(19)24/h5-7,10,13,16,22,26H,4,8-9,11-12,14H2,1-3H3/t16-,22?,24+/m0/s1. The van der Waals surface area contributed by atoms with Gasteiger partial charge in [-0.1, -0.05) is 45.0 Å². The highest BCUT2D eigenvalue weighted by molar-refractivity contribution is 6.01. The van der Waals surface area contributed by atoms with Gasteiger partial charge in [0.05, 0.1) is 18.2 Å². The minimum atomic E-state index is -0.461. The first-order valence-electron chi connectivity index (χ1n) is 10.8. The van der Waals surface area contributed by atoms with E-state index in [-0.39, 0.29) is 17.4 Å². The van der Waals surface area contributed by atoms with E-state index in [0.29, 0.717) is 12.3 Å². The van der Waals surface area contributed by atoms with Crippen LogP contribution >= 0.6 is 0 Å². The molecule has 1 saturated heterocycles. The molecule has 1 N–H and O–H groups in total. The Morgan fingerprint density at radius 2 is 2.14 bits per heavy atom. The number of carbonyl (C=O) groups excluding carboxylic acids is 1. The maximum Gasteiger partial charge on any atom is 0.164 e. The molecule has 0 aromatic heterocycles. The number of nitrogens with one attached hydrogen (secondary N) is 1. The largest absolute Gasteiger partial charge is 0.381 e. The highest BCUT2D eigenvalue weighted by Gasteiger charge is 2.53. The lowest BCUT2D eigenvalue weighted by Gasteiger charge is -2.48. The van der Waals surface area contributed by atoms with Gasteiger partial charge in [-0.15, -0.1) is 0 Å². The SMILES string of the molecule is CC[C@@]1(c2cccc([C@H]3CCOC3)c2)C2=CN=NC2NC2=C1C(=O)CC(C)(C)C2. The molecule has 5 heteroatoms. The van der Waals surface area contributed by atoms with Crippen molar-refractivity contribution in [2.45, 2.75) is 64.0 Å². The predicted octanol–water partition coefficient (Wildman–Crippen LogP) is 4.76. The lowest BCUT2D eigenvalue weighted by atomic mass is 9.58. The van der Waals surface area contributed by atoms with Crippen LogP contribution in [0.5, 0.6) is 0 Å². The van der Waals surface area contributed by atoms with Crippen molar-refractivity contribution in [2.24, 2.45) is 15.6 Å². The lowest BCUT2D eigenvalue weighted by Crippen LogP contribution is -2.51. The van der Waals surface area contributed by atoms with Crippen molar-refractivity contribution in [1.82, 2.24) is 5.32 Å². The van der Waals surface area contributed by atoms with Gasteiger partial charge in [-0.3, -0.25) is 4.79 Å². The number of hydrogen-bond acceptors (Lipinski definition) is 5. The molecule has 1 unspecified atom stereocenters. The van der Waals surface area contributed by atoms with Crippen LogP contribution in [-0.2, 0) is 14.9 Å². The summed E-state index contributed by atoms with van der Waals surface area (Å²) in [5.74, 6) is 0.689. The van der Waals surface area contributed by atoms with Crippen LogP contribution in [0.3, 0.4) is 0 Å². The summed E-state index contributed by atoms with van der Waals surface area (Å²) >= 11 is 0. The normalized spacial score (nSPS) is 32.7. The van der Waals surface area contributed by atoms with E-state index < -0.39 is 5.41 Å². The van der Waals surface area contributed by atoms with Crippen molar-refractivity contribution < 1.29 is 9.53 Å². The van der Waals surface area contributed by atoms with Crippen molar-refractivity contribution in [3.8, 4) is 0 Å². The third-order valence-electron chi connectivity index (χ3n) is 7.09. The summed E-state index contributed by atoms with van der Waals surface area (Å²) in [6, 6.07) is 8.83. The average molecular weight is 392 g/mol. The van der Waals surface area contributed by atoms with Crippen molar-refractivity contribution in [2.75, 3.05) is 13.2 Å². The Labute approximate surface area is 172 Å². The lowest BCUT2D eigenvalue weighted by molar-refractivity contribution is -0.119. The van der Waals surface area contributed by atoms with Crippen LogP contribution in [0.2, 0.25) is 0 Å². The number of fused-ring (bicyclic) bond motifs is 1. The van der Waals surface area contributed by atoms with E-state index in [0.717, 1.165) is 49.3 Å². The molecule has 0 radical (unpaired) electrons. The molecule has 1 aromatic rings. The highest BCUT2D eigenvalue weighted by atomic mass is 16.5. The molecule has 3 heterocycles. The van der Waals surface area contributed by atoms with Crippen molar-refractivity contribution in [3.05, 3.63) is 58.4 Å². The molecule has 5 rings (SSSR count). The summed E-state index contributed by atoms with van der Waals surface area (Å²) in [6.07, 6.45) is 5.03. The molecule has 152 valence electrons. The van der Waals surface area contributed by atoms with E-state index in [1.807, 2.05) is 6.20 Å². The first kappa shape index (κ1) is 18.7. The third kappa shape index (κ3) is 2.82. The molecule has 1 aliphatic carbocycles. The number of ketones is 1. The second-order valence-corrected chi connectivity index (χ2v) is 9.60. The van der Waals surface area contributed by atoms with Crippen LogP contribution in [0.15, 0.2) is 57.5 Å². The minimum absolute atomic E-state index is 0.0393. The third-order valence-corrected chi connectivity index (χ3v) is 7.09. The average Bonchev–Trinajstić information content (AvgIpc) is 3.37. The fourth-order valence-electron chi connectivity index (χ4n) is 5.75. The quantitative estimate of drug-likeness (QED) is 0.808. The van der Waals surface area contributed by atoms with Crippen molar-refractivity contribution >= 4 is 5.78 Å². The molecular formula is C24H29N3O2. The summed E-state index contributed by atoms with van der Waals surface area (Å²) in [5.41, 5.74) is 5.10. The predicted molar refractivity (Wildman–Crippen MR) is 111 cm³/mol. The van der Waals surface area contributed by atoms with E-state index in [4.69, 9.17) is 4.74 Å². The van der Waals surface area contributed by atoms with Gasteiger partial charge in [0.15, 0.2) is 11.9 Å². The number of nitrogens with zero attached hydrogens (tertiary/aromatic N) is 2. The van der Waals surface area contributed by atoms with Crippen LogP contribution < -0.4 is 5.32 Å². The number of benzene rings is 1. The van der Waals surface area contributed by atoms with E-state index in [1.54, 1.807) is 0 Å². The number of azo groups is 1. The zero-order chi connectivity index (χ0) is 20.2. The van der Waals surface area contributed by atoms with Gasteiger partial charge in [-0.25, -0.2) is 0 Å². The van der Waals surface area contributed by atoms with Crippen LogP contribution in [0.1, 0.15) is 63.5 Å². The van der Waals surface area contributed by atoms with Crippen LogP contribution in [0.4, 0.5) is 0 Å². The molecule has 3 atom stereocenters. The number of rotatable bonds is 3. The molecule has 0 bridgehead atoms. The van der Waals surface area contributed by atoms with Gasteiger partial charge < -0.3 is 10.1 Å². The Bertz CT molecular complexity index is 953. The molecular weight excluding hydrogens is 362 g/mol. The van der Waals surface area contributed by atoms with Gasteiger partial charge in [-0.2, -0.15) is 10.2 Å². The zero-order valence-electron chi connectivity index (χ0n) is 17.5. The monoisotopic (exact) mass is 391 g/mol. The summed E-state index contributed by atoms with van der Waals surface area (Å²) in [7, 11) is 0. The summed E-state index contributed by atoms with van der Waals surface area (Å²) in [6.45, 7) is 8.13. The van der Waals surface area contributed by atoms with E-state index >= 15 is 0 Å². The fourth-order valence-corrected chi connectivity index (χ4v) is 5.75. The maximum atomic E-state index is 13.5. The molecule has 1 fully saturated rings. The maximum absolute atomic E-state index is 13.5. The second kappa shape index (κ2) is 6.63. The Morgan fingerprint density at radius 3 is 2.90 bits per heavy atom. The molecule has 5 nitrogen and oxygen atoms in total. The van der Waals surface area contributed by atoms with E-state index in [1.165, 1.54) is 11.1 Å². The Morgan fingerprint density at radius 1 is 1.28 bits per heavy atom. The van der Waals surface area contributed by atoms with Gasteiger partial charge in [0, 0.05) is 35.8 Å². The van der Waals surface area contributed by atoms with Crippen LogP contribution in [0, 0.1) is 5.41 Å². The molecule has 1 aromatic carbocycles. The topological polar surface area (TPSA) is 63.1 Å². The van der Waals surface area contributed by atoms with Gasteiger partial charge in [0.2, 0.25) is 0 Å². The first-order valence-corrected chi connectivity index (χ1v) is 10.8. The summed E-state index contributed by atoms with van der Waals surface area (Å²) in [5, 5.41) is 12.2. The van der Waals surface area contributed by atoms with E-state index in [2.05, 4.69) is 60.6 Å². The highest BCUT2D eigenvalue weighted by Crippen LogP contribution is 2.53. The number of carbonyl (C=O) groups is 1. The molecule has 0 spiro atoms. The first-order chi connectivity index (χ1) is 13.9. The Hall–Kier alpha value is -2.27. The smallest absolute Gasteiger partial charge is 0.164 e. The number of ether oxygens (including phenoxy) is 1. The minimum Gasteiger partial charge on any atom is -0.381 e. The Kier molecular flexibility index (Phi) is 4.28. The summed E-state index contributed by atoms with van der Waals surface area (Å²) < 4.78 is 5.63. The van der Waals surface area contributed by atoms with Crippen LogP contribution in [-0.4, -0.2) is 25.2 Å². The Balaban J connectivity index is 1.70. The fraction of sp³-hybridized carbons (Fsp3) is 0.542. The van der Waals surface area contributed by atoms with Gasteiger partial charge >= 0.3 is 0 Å². The van der Waals surface area contributed by atoms with E-state index in [9.17, 15) is 4.79 Å².